The summed E-state index contributed by atoms with van der Waals surface area (Å²) in [5.74, 6) is -2.93. The number of benzene rings is 3. The lowest BCUT2D eigenvalue weighted by molar-refractivity contribution is -0.125. The molecule has 0 saturated carbocycles. The fraction of sp³-hybridized carbons (Fsp3) is 0.182. The minimum absolute atomic E-state index is 0.0407. The molecule has 0 unspecified atom stereocenters. The van der Waals surface area contributed by atoms with Crippen LogP contribution in [0.15, 0.2) is 91.0 Å². The van der Waals surface area contributed by atoms with Gasteiger partial charge in [0.25, 0.3) is 17.7 Å². The maximum absolute atomic E-state index is 14.9. The van der Waals surface area contributed by atoms with Crippen LogP contribution in [0.2, 0.25) is 5.02 Å². The van der Waals surface area contributed by atoms with E-state index in [1.165, 1.54) is 4.90 Å². The number of carbonyl (C=O) groups excluding carboxylic acids is 3. The molecule has 5 aromatic rings. The molecule has 3 heterocycles. The predicted molar refractivity (Wildman–Crippen MR) is 171 cm³/mol. The van der Waals surface area contributed by atoms with Crippen molar-refractivity contribution >= 4 is 35.0 Å². The SMILES string of the molecule is O=C(N[C@@H](Cc1ccccc1)[C@H](O)C(=O)Nc1cccc(-c2nn[nH]n2)c1)c1cc(F)cc(C(=O)N2COC[C@@H]2c2ccc(Cl)cc2)n1. The van der Waals surface area contributed by atoms with Gasteiger partial charge in [-0.25, -0.2) is 9.37 Å². The molecule has 1 fully saturated rings. The number of rotatable bonds is 10. The lowest BCUT2D eigenvalue weighted by Crippen LogP contribution is -2.50. The number of pyridine rings is 1. The summed E-state index contributed by atoms with van der Waals surface area (Å²) in [6.45, 7) is 0.142. The third kappa shape index (κ3) is 7.52. The molecule has 3 amide bonds. The van der Waals surface area contributed by atoms with E-state index < -0.39 is 47.4 Å². The molecule has 0 radical (unpaired) electrons. The van der Waals surface area contributed by atoms with Gasteiger partial charge in [-0.05, 0) is 47.0 Å². The largest absolute Gasteiger partial charge is 0.381 e. The Balaban J connectivity index is 1.21. The van der Waals surface area contributed by atoms with Crippen molar-refractivity contribution in [3.8, 4) is 11.4 Å². The van der Waals surface area contributed by atoms with Crippen LogP contribution in [0.5, 0.6) is 0 Å². The number of aromatic nitrogens is 5. The van der Waals surface area contributed by atoms with Gasteiger partial charge in [0.15, 0.2) is 6.10 Å². The molecule has 15 heteroatoms. The van der Waals surface area contributed by atoms with E-state index in [0.29, 0.717) is 27.7 Å². The molecule has 48 heavy (non-hydrogen) atoms. The number of amides is 3. The van der Waals surface area contributed by atoms with Crippen LogP contribution in [0.1, 0.15) is 38.1 Å². The Morgan fingerprint density at radius 2 is 1.79 bits per heavy atom. The van der Waals surface area contributed by atoms with E-state index in [9.17, 15) is 23.9 Å². The van der Waals surface area contributed by atoms with E-state index in [-0.39, 0.29) is 25.5 Å². The van der Waals surface area contributed by atoms with Crippen molar-refractivity contribution in [1.82, 2.24) is 35.8 Å². The first-order valence-corrected chi connectivity index (χ1v) is 15.1. The molecule has 1 saturated heterocycles. The fourth-order valence-corrected chi connectivity index (χ4v) is 5.37. The lowest BCUT2D eigenvalue weighted by atomic mass is 10.00. The van der Waals surface area contributed by atoms with Gasteiger partial charge in [0.05, 0.1) is 18.7 Å². The van der Waals surface area contributed by atoms with E-state index in [1.807, 2.05) is 0 Å². The van der Waals surface area contributed by atoms with Crippen LogP contribution in [0, 0.1) is 5.82 Å². The van der Waals surface area contributed by atoms with Gasteiger partial charge in [-0.3, -0.25) is 14.4 Å². The highest BCUT2D eigenvalue weighted by Gasteiger charge is 2.34. The van der Waals surface area contributed by atoms with Gasteiger partial charge in [0.2, 0.25) is 5.82 Å². The molecule has 2 aromatic heterocycles. The van der Waals surface area contributed by atoms with Crippen LogP contribution in [0.3, 0.4) is 0 Å². The van der Waals surface area contributed by atoms with Gasteiger partial charge < -0.3 is 25.4 Å². The topological polar surface area (TPSA) is 175 Å². The second-order valence-electron chi connectivity index (χ2n) is 10.9. The van der Waals surface area contributed by atoms with Crippen molar-refractivity contribution in [2.75, 3.05) is 18.7 Å². The molecule has 1 aliphatic heterocycles. The van der Waals surface area contributed by atoms with Crippen molar-refractivity contribution in [1.29, 1.82) is 0 Å². The first-order chi connectivity index (χ1) is 23.2. The van der Waals surface area contributed by atoms with Gasteiger partial charge in [0.1, 0.15) is 23.9 Å². The van der Waals surface area contributed by atoms with E-state index in [0.717, 1.165) is 17.7 Å². The molecule has 3 atom stereocenters. The highest BCUT2D eigenvalue weighted by Crippen LogP contribution is 2.29. The van der Waals surface area contributed by atoms with Crippen LogP contribution >= 0.6 is 11.6 Å². The quantitative estimate of drug-likeness (QED) is 0.173. The molecule has 4 N–H and O–H groups in total. The first-order valence-electron chi connectivity index (χ1n) is 14.7. The number of nitrogens with one attached hydrogen (secondary N) is 3. The molecule has 3 aromatic carbocycles. The van der Waals surface area contributed by atoms with Gasteiger partial charge in [-0.2, -0.15) is 5.21 Å². The van der Waals surface area contributed by atoms with Gasteiger partial charge in [0, 0.05) is 28.4 Å². The first kappa shape index (κ1) is 32.4. The maximum atomic E-state index is 14.9. The standard InChI is InChI=1S/C33H28ClFN8O5/c34-22-11-9-20(10-12-22)28-17-48-18-43(28)33(47)27-16-23(35)15-26(37-27)31(45)38-25(13-19-5-2-1-3-6-19)29(44)32(46)36-24-8-4-7-21(14-24)30-39-41-42-40-30/h1-12,14-16,25,28-29,44H,13,17-18H2,(H,36,46)(H,38,45)(H,39,40,41,42)/t25-,28+,29-/m0/s1. The fourth-order valence-electron chi connectivity index (χ4n) is 5.25. The zero-order chi connectivity index (χ0) is 33.6. The summed E-state index contributed by atoms with van der Waals surface area (Å²) in [6.07, 6.45) is -1.71. The molecule has 1 aliphatic rings. The number of carbonyl (C=O) groups is 3. The second-order valence-corrected chi connectivity index (χ2v) is 11.4. The number of aromatic amines is 1. The van der Waals surface area contributed by atoms with Crippen LogP contribution in [0.4, 0.5) is 10.1 Å². The van der Waals surface area contributed by atoms with E-state index >= 15 is 0 Å². The number of nitrogens with zero attached hydrogens (tertiary/aromatic N) is 5. The summed E-state index contributed by atoms with van der Waals surface area (Å²) >= 11 is 6.01. The Morgan fingerprint density at radius 3 is 2.54 bits per heavy atom. The van der Waals surface area contributed by atoms with E-state index in [2.05, 4.69) is 36.2 Å². The molecule has 6 rings (SSSR count). The van der Waals surface area contributed by atoms with Crippen LogP contribution < -0.4 is 10.6 Å². The molecule has 0 aliphatic carbocycles. The number of halogens is 2. The van der Waals surface area contributed by atoms with Crippen molar-refractivity contribution < 1.29 is 28.6 Å². The molecular formula is C33H28ClFN8O5. The van der Waals surface area contributed by atoms with Crippen LogP contribution in [-0.4, -0.2) is 78.8 Å². The third-order valence-corrected chi connectivity index (χ3v) is 7.89. The summed E-state index contributed by atoms with van der Waals surface area (Å²) in [7, 11) is 0. The van der Waals surface area contributed by atoms with Gasteiger partial charge in [-0.1, -0.05) is 66.2 Å². The second kappa shape index (κ2) is 14.5. The average Bonchev–Trinajstić information content (AvgIpc) is 3.82. The third-order valence-electron chi connectivity index (χ3n) is 7.64. The smallest absolute Gasteiger partial charge is 0.275 e. The molecule has 244 valence electrons. The number of H-pyrrole nitrogens is 1. The Morgan fingerprint density at radius 1 is 1.02 bits per heavy atom. The number of anilines is 1. The molecule has 0 spiro atoms. The number of aliphatic hydroxyl groups is 1. The van der Waals surface area contributed by atoms with Gasteiger partial charge >= 0.3 is 0 Å². The number of hydrogen-bond acceptors (Lipinski definition) is 9. The van der Waals surface area contributed by atoms with Crippen LogP contribution in [0.25, 0.3) is 11.4 Å². The Kier molecular flexibility index (Phi) is 9.75. The lowest BCUT2D eigenvalue weighted by Gasteiger charge is -2.24. The summed E-state index contributed by atoms with van der Waals surface area (Å²) < 4.78 is 20.4. The Bertz CT molecular complexity index is 1910. The van der Waals surface area contributed by atoms with E-state index in [1.54, 1.807) is 78.9 Å². The Hall–Kier alpha value is -5.57. The van der Waals surface area contributed by atoms with Crippen LogP contribution in [-0.2, 0) is 16.0 Å². The normalized spacial score (nSPS) is 15.5. The summed E-state index contributed by atoms with van der Waals surface area (Å²) in [6, 6.07) is 22.5. The summed E-state index contributed by atoms with van der Waals surface area (Å²) in [5, 5.41) is 30.7. The average molecular weight is 671 g/mol. The number of ether oxygens (including phenoxy) is 1. The summed E-state index contributed by atoms with van der Waals surface area (Å²) in [4.78, 5) is 45.8. The minimum atomic E-state index is -1.75. The molecule has 13 nitrogen and oxygen atoms in total. The molecule has 0 bridgehead atoms. The zero-order valence-electron chi connectivity index (χ0n) is 25.1. The highest BCUT2D eigenvalue weighted by atomic mass is 35.5. The van der Waals surface area contributed by atoms with Gasteiger partial charge in [-0.15, -0.1) is 10.2 Å². The highest BCUT2D eigenvalue weighted by molar-refractivity contribution is 6.30. The Labute approximate surface area is 278 Å². The monoisotopic (exact) mass is 670 g/mol. The zero-order valence-corrected chi connectivity index (χ0v) is 25.8. The minimum Gasteiger partial charge on any atom is -0.381 e. The van der Waals surface area contributed by atoms with Crippen molar-refractivity contribution in [2.45, 2.75) is 24.6 Å². The van der Waals surface area contributed by atoms with Crippen molar-refractivity contribution in [2.24, 2.45) is 0 Å². The maximum Gasteiger partial charge on any atom is 0.275 e. The number of tetrazole rings is 1. The van der Waals surface area contributed by atoms with Crippen molar-refractivity contribution in [3.05, 3.63) is 124 Å². The summed E-state index contributed by atoms with van der Waals surface area (Å²) in [5.41, 5.74) is 1.64. The number of hydrogen-bond donors (Lipinski definition) is 4. The molecular weight excluding hydrogens is 643 g/mol. The number of aliphatic hydroxyl groups excluding tert-OH is 1. The van der Waals surface area contributed by atoms with E-state index in [4.69, 9.17) is 16.3 Å². The van der Waals surface area contributed by atoms with Crippen molar-refractivity contribution in [3.63, 3.8) is 0 Å². The predicted octanol–water partition coefficient (Wildman–Crippen LogP) is 3.57.